The van der Waals surface area contributed by atoms with Gasteiger partial charge in [-0.15, -0.1) is 6.58 Å². The van der Waals surface area contributed by atoms with Gasteiger partial charge < -0.3 is 25.6 Å². The van der Waals surface area contributed by atoms with Crippen LogP contribution in [0.3, 0.4) is 0 Å². The molecule has 10 nitrogen and oxygen atoms in total. The van der Waals surface area contributed by atoms with Crippen LogP contribution in [-0.4, -0.2) is 70.8 Å². The number of alkyl carbamates (subject to hydrolysis) is 1. The fourth-order valence-electron chi connectivity index (χ4n) is 5.09. The van der Waals surface area contributed by atoms with Gasteiger partial charge in [0.15, 0.2) is 0 Å². The van der Waals surface area contributed by atoms with Crippen LogP contribution in [0.1, 0.15) is 80.6 Å². The monoisotopic (exact) mass is 520 g/mol. The van der Waals surface area contributed by atoms with Crippen molar-refractivity contribution in [1.82, 2.24) is 20.9 Å². The first-order valence-corrected chi connectivity index (χ1v) is 13.2. The second-order valence-corrected chi connectivity index (χ2v) is 12.1. The van der Waals surface area contributed by atoms with Crippen molar-refractivity contribution in [2.45, 2.75) is 110 Å². The minimum absolute atomic E-state index is 0.0527. The molecule has 0 aromatic heterocycles. The predicted molar refractivity (Wildman–Crippen MR) is 139 cm³/mol. The number of Topliss-reactive ketones (excluding diaryl/α,β-unsaturated/α-hetero) is 1. The highest BCUT2D eigenvalue weighted by molar-refractivity contribution is 6.38. The molecule has 2 bridgehead atoms. The minimum Gasteiger partial charge on any atom is -0.444 e. The van der Waals surface area contributed by atoms with E-state index >= 15 is 0 Å². The maximum Gasteiger partial charge on any atom is 0.408 e. The number of rotatable bonds is 10. The number of piperidine rings is 1. The van der Waals surface area contributed by atoms with Gasteiger partial charge in [-0.2, -0.15) is 0 Å². The lowest BCUT2D eigenvalue weighted by Crippen LogP contribution is -2.62. The summed E-state index contributed by atoms with van der Waals surface area (Å²) in [6.07, 6.45) is 3.88. The van der Waals surface area contributed by atoms with Gasteiger partial charge in [0.1, 0.15) is 17.7 Å². The molecule has 4 amide bonds. The first-order chi connectivity index (χ1) is 17.1. The van der Waals surface area contributed by atoms with Crippen LogP contribution in [0.15, 0.2) is 12.7 Å². The third kappa shape index (κ3) is 7.79. The molecule has 0 aromatic carbocycles. The van der Waals surface area contributed by atoms with Crippen LogP contribution in [0.25, 0.3) is 0 Å². The molecule has 5 unspecified atom stereocenters. The van der Waals surface area contributed by atoms with Gasteiger partial charge in [-0.25, -0.2) is 4.79 Å². The van der Waals surface area contributed by atoms with Crippen LogP contribution in [0, 0.1) is 11.3 Å². The van der Waals surface area contributed by atoms with Crippen molar-refractivity contribution in [3.05, 3.63) is 12.7 Å². The van der Waals surface area contributed by atoms with E-state index in [4.69, 9.17) is 4.74 Å². The number of hydrogen-bond donors (Lipinski definition) is 3. The Morgan fingerprint density at radius 3 is 2.24 bits per heavy atom. The highest BCUT2D eigenvalue weighted by Crippen LogP contribution is 2.43. The standard InChI is InChI=1S/C27H44N4O6/c1-9-11-18(20(32)23(34)28-14-10-2)29-22(33)19-16-12-13-17(15-16)31(19)24(35)21(26(3,4)5)30-25(36)37-27(6,7)8/h10,16-19,21H,2,9,11-15H2,1,3-8H3,(H,28,34)(H,29,33)(H,30,36). The largest absolute Gasteiger partial charge is 0.444 e. The molecule has 208 valence electrons. The molecule has 0 aromatic rings. The van der Waals surface area contributed by atoms with E-state index in [9.17, 15) is 24.0 Å². The Balaban J connectivity index is 2.26. The number of carbonyl (C=O) groups excluding carboxylic acids is 5. The summed E-state index contributed by atoms with van der Waals surface area (Å²) in [5.41, 5.74) is -1.38. The van der Waals surface area contributed by atoms with E-state index in [1.165, 1.54) is 6.08 Å². The molecule has 10 heteroatoms. The average molecular weight is 521 g/mol. The average Bonchev–Trinajstić information content (AvgIpc) is 3.39. The SMILES string of the molecule is C=CCNC(=O)C(=O)C(CCC)NC(=O)C1C2CCC(C2)N1C(=O)C(NC(=O)OC(C)(C)C)C(C)(C)C. The number of hydrogen-bond acceptors (Lipinski definition) is 6. The van der Waals surface area contributed by atoms with Gasteiger partial charge in [0.2, 0.25) is 17.6 Å². The molecular weight excluding hydrogens is 476 g/mol. The van der Waals surface area contributed by atoms with Crippen LogP contribution in [0.2, 0.25) is 0 Å². The van der Waals surface area contributed by atoms with Crippen LogP contribution in [0.4, 0.5) is 4.79 Å². The van der Waals surface area contributed by atoms with Crippen molar-refractivity contribution in [1.29, 1.82) is 0 Å². The summed E-state index contributed by atoms with van der Waals surface area (Å²) in [5.74, 6) is -2.37. The summed E-state index contributed by atoms with van der Waals surface area (Å²) < 4.78 is 5.39. The van der Waals surface area contributed by atoms with E-state index in [1.54, 1.807) is 25.7 Å². The van der Waals surface area contributed by atoms with Gasteiger partial charge in [-0.1, -0.05) is 40.2 Å². The van der Waals surface area contributed by atoms with Crippen molar-refractivity contribution in [2.75, 3.05) is 6.54 Å². The fourth-order valence-corrected chi connectivity index (χ4v) is 5.09. The summed E-state index contributed by atoms with van der Waals surface area (Å²) in [6, 6.07) is -2.82. The number of carbonyl (C=O) groups is 5. The number of fused-ring (bicyclic) bond motifs is 2. The third-order valence-electron chi connectivity index (χ3n) is 6.72. The van der Waals surface area contributed by atoms with Crippen LogP contribution < -0.4 is 16.0 Å². The lowest BCUT2D eigenvalue weighted by Gasteiger charge is -2.40. The summed E-state index contributed by atoms with van der Waals surface area (Å²) >= 11 is 0. The van der Waals surface area contributed by atoms with Crippen LogP contribution in [-0.2, 0) is 23.9 Å². The van der Waals surface area contributed by atoms with E-state index in [0.717, 1.165) is 12.8 Å². The lowest BCUT2D eigenvalue weighted by atomic mass is 9.85. The van der Waals surface area contributed by atoms with Crippen molar-refractivity contribution >= 4 is 29.6 Å². The lowest BCUT2D eigenvalue weighted by molar-refractivity contribution is -0.147. The fraction of sp³-hybridized carbons (Fsp3) is 0.741. The maximum atomic E-state index is 13.9. The summed E-state index contributed by atoms with van der Waals surface area (Å²) in [6.45, 7) is 16.3. The van der Waals surface area contributed by atoms with Crippen molar-refractivity contribution in [3.63, 3.8) is 0 Å². The second kappa shape index (κ2) is 12.1. The molecule has 3 N–H and O–H groups in total. The second-order valence-electron chi connectivity index (χ2n) is 12.1. The number of likely N-dealkylation sites (tertiary alicyclic amines) is 1. The summed E-state index contributed by atoms with van der Waals surface area (Å²) in [7, 11) is 0. The van der Waals surface area contributed by atoms with E-state index in [1.807, 2.05) is 27.7 Å². The van der Waals surface area contributed by atoms with Gasteiger partial charge >= 0.3 is 6.09 Å². The quantitative estimate of drug-likeness (QED) is 0.299. The van der Waals surface area contributed by atoms with Gasteiger partial charge in [0.05, 0.1) is 6.04 Å². The molecule has 37 heavy (non-hydrogen) atoms. The maximum absolute atomic E-state index is 13.9. The van der Waals surface area contributed by atoms with Crippen molar-refractivity contribution in [3.8, 4) is 0 Å². The molecule has 2 fully saturated rings. The summed E-state index contributed by atoms with van der Waals surface area (Å²) in [5, 5.41) is 7.94. The Morgan fingerprint density at radius 2 is 1.70 bits per heavy atom. The van der Waals surface area contributed by atoms with Crippen LogP contribution in [0.5, 0.6) is 0 Å². The molecule has 1 heterocycles. The molecule has 1 saturated carbocycles. The van der Waals surface area contributed by atoms with Gasteiger partial charge in [-0.05, 0) is 57.8 Å². The molecule has 1 aliphatic carbocycles. The van der Waals surface area contributed by atoms with Gasteiger partial charge in [0, 0.05) is 12.6 Å². The molecule has 1 aliphatic heterocycles. The minimum atomic E-state index is -0.989. The molecular formula is C27H44N4O6. The Hall–Kier alpha value is -2.91. The van der Waals surface area contributed by atoms with E-state index in [-0.39, 0.29) is 24.4 Å². The highest BCUT2D eigenvalue weighted by Gasteiger charge is 2.54. The Labute approximate surface area is 220 Å². The molecule has 2 aliphatic rings. The zero-order chi connectivity index (χ0) is 28.1. The number of ketones is 1. The third-order valence-corrected chi connectivity index (χ3v) is 6.72. The Kier molecular flexibility index (Phi) is 9.91. The Bertz CT molecular complexity index is 904. The number of nitrogens with one attached hydrogen (secondary N) is 3. The smallest absolute Gasteiger partial charge is 0.408 e. The molecule has 5 atom stereocenters. The zero-order valence-corrected chi connectivity index (χ0v) is 23.3. The van der Waals surface area contributed by atoms with E-state index < -0.39 is 52.8 Å². The van der Waals surface area contributed by atoms with Gasteiger partial charge in [0.25, 0.3) is 5.91 Å². The molecule has 0 spiro atoms. The normalized spacial score (nSPS) is 22.6. The Morgan fingerprint density at radius 1 is 1.05 bits per heavy atom. The molecule has 1 saturated heterocycles. The topological polar surface area (TPSA) is 134 Å². The summed E-state index contributed by atoms with van der Waals surface area (Å²) in [4.78, 5) is 66.6. The predicted octanol–water partition coefficient (Wildman–Crippen LogP) is 2.46. The number of ether oxygens (including phenoxy) is 1. The molecule has 2 rings (SSSR count). The molecule has 0 radical (unpaired) electrons. The first kappa shape index (κ1) is 30.3. The first-order valence-electron chi connectivity index (χ1n) is 13.2. The van der Waals surface area contributed by atoms with E-state index in [2.05, 4.69) is 22.5 Å². The number of amides is 4. The van der Waals surface area contributed by atoms with Crippen LogP contribution >= 0.6 is 0 Å². The van der Waals surface area contributed by atoms with Crippen molar-refractivity contribution in [2.24, 2.45) is 11.3 Å². The number of nitrogens with zero attached hydrogens (tertiary/aromatic N) is 1. The van der Waals surface area contributed by atoms with E-state index in [0.29, 0.717) is 19.3 Å². The van der Waals surface area contributed by atoms with Gasteiger partial charge in [-0.3, -0.25) is 19.2 Å². The zero-order valence-electron chi connectivity index (χ0n) is 23.3. The van der Waals surface area contributed by atoms with Crippen molar-refractivity contribution < 1.29 is 28.7 Å². The highest BCUT2D eigenvalue weighted by atomic mass is 16.6.